The first-order valence-electron chi connectivity index (χ1n) is 6.72. The van der Waals surface area contributed by atoms with E-state index < -0.39 is 6.10 Å². The number of amides is 1. The number of aliphatic hydroxyl groups is 1. The molecule has 110 valence electrons. The summed E-state index contributed by atoms with van der Waals surface area (Å²) in [6.45, 7) is 0.285. The van der Waals surface area contributed by atoms with Crippen LogP contribution in [-0.4, -0.2) is 40.8 Å². The van der Waals surface area contributed by atoms with E-state index in [0.29, 0.717) is 6.42 Å². The molecule has 0 bridgehead atoms. The maximum Gasteiger partial charge on any atom is 0.276 e. The first-order valence-corrected chi connectivity index (χ1v) is 6.72. The van der Waals surface area contributed by atoms with Crippen LogP contribution >= 0.6 is 0 Å². The Morgan fingerprint density at radius 2 is 2.33 bits per heavy atom. The van der Waals surface area contributed by atoms with Crippen LogP contribution in [0.15, 0.2) is 41.1 Å². The Bertz CT molecular complexity index is 626. The molecule has 2 heterocycles. The van der Waals surface area contributed by atoms with Gasteiger partial charge in [0.05, 0.1) is 19.3 Å². The van der Waals surface area contributed by atoms with Gasteiger partial charge in [0.15, 0.2) is 5.69 Å². The molecule has 1 saturated heterocycles. The Hall–Kier alpha value is -2.34. The van der Waals surface area contributed by atoms with Crippen LogP contribution in [0.1, 0.15) is 28.5 Å². The summed E-state index contributed by atoms with van der Waals surface area (Å²) in [5, 5.41) is 13.6. The zero-order valence-corrected chi connectivity index (χ0v) is 11.6. The largest absolute Gasteiger partial charge is 0.497 e. The summed E-state index contributed by atoms with van der Waals surface area (Å²) in [6.07, 6.45) is 1.31. The Balaban J connectivity index is 1.90. The van der Waals surface area contributed by atoms with E-state index in [-0.39, 0.29) is 24.2 Å². The number of methoxy groups -OCH3 is 1. The number of ether oxygens (including phenoxy) is 1. The van der Waals surface area contributed by atoms with E-state index in [9.17, 15) is 9.90 Å². The van der Waals surface area contributed by atoms with Gasteiger partial charge in [-0.2, -0.15) is 0 Å². The molecule has 21 heavy (non-hydrogen) atoms. The Morgan fingerprint density at radius 3 is 3.05 bits per heavy atom. The Labute approximate surface area is 121 Å². The van der Waals surface area contributed by atoms with Crippen molar-refractivity contribution in [2.24, 2.45) is 0 Å². The molecule has 1 aromatic carbocycles. The molecule has 1 aliphatic heterocycles. The predicted octanol–water partition coefficient (Wildman–Crippen LogP) is 1.63. The molecule has 0 aliphatic carbocycles. The minimum absolute atomic E-state index is 0.195. The van der Waals surface area contributed by atoms with Crippen molar-refractivity contribution < 1.29 is 19.2 Å². The lowest BCUT2D eigenvalue weighted by molar-refractivity contribution is 0.0705. The van der Waals surface area contributed by atoms with Crippen molar-refractivity contribution >= 4 is 5.91 Å². The second-order valence-corrected chi connectivity index (χ2v) is 5.02. The van der Waals surface area contributed by atoms with E-state index in [0.717, 1.165) is 11.3 Å². The molecule has 6 nitrogen and oxygen atoms in total. The quantitative estimate of drug-likeness (QED) is 0.929. The predicted molar refractivity (Wildman–Crippen MR) is 73.9 cm³/mol. The monoisotopic (exact) mass is 288 g/mol. The fourth-order valence-electron chi connectivity index (χ4n) is 2.67. The molecule has 6 heteroatoms. The molecule has 2 unspecified atom stereocenters. The number of β-amino-alcohol motifs (C(OH)–C–C–N with tert-alkyl or cyclic N) is 1. The van der Waals surface area contributed by atoms with Crippen LogP contribution in [0, 0.1) is 0 Å². The molecule has 0 spiro atoms. The third-order valence-corrected chi connectivity index (χ3v) is 3.68. The van der Waals surface area contributed by atoms with E-state index in [1.807, 2.05) is 24.3 Å². The van der Waals surface area contributed by atoms with Gasteiger partial charge >= 0.3 is 0 Å². The maximum absolute atomic E-state index is 12.5. The van der Waals surface area contributed by atoms with E-state index in [2.05, 4.69) is 5.16 Å². The minimum atomic E-state index is -0.544. The van der Waals surface area contributed by atoms with Gasteiger partial charge in [0.1, 0.15) is 12.0 Å². The normalized spacial score (nSPS) is 21.5. The molecule has 2 aromatic rings. The highest BCUT2D eigenvalue weighted by Crippen LogP contribution is 2.34. The average Bonchev–Trinajstić information content (AvgIpc) is 3.16. The van der Waals surface area contributed by atoms with Crippen molar-refractivity contribution in [1.82, 2.24) is 10.1 Å². The van der Waals surface area contributed by atoms with E-state index >= 15 is 0 Å². The summed E-state index contributed by atoms with van der Waals surface area (Å²) in [5.74, 6) is 0.482. The first kappa shape index (κ1) is 13.6. The van der Waals surface area contributed by atoms with Crippen LogP contribution in [0.5, 0.6) is 5.75 Å². The molecule has 1 aromatic heterocycles. The van der Waals surface area contributed by atoms with Gasteiger partial charge in [0, 0.05) is 12.6 Å². The van der Waals surface area contributed by atoms with E-state index in [4.69, 9.17) is 9.26 Å². The van der Waals surface area contributed by atoms with Crippen LogP contribution in [0.25, 0.3) is 0 Å². The smallest absolute Gasteiger partial charge is 0.276 e. The standard InChI is InChI=1S/C15H16N2O4/c1-20-12-4-2-3-10(7-12)14-8-11(18)9-17(14)15(19)13-5-6-21-16-13/h2-7,11,14,18H,8-9H2,1H3. The van der Waals surface area contributed by atoms with Crippen LogP contribution in [0.4, 0.5) is 0 Å². The topological polar surface area (TPSA) is 75.8 Å². The van der Waals surface area contributed by atoms with Gasteiger partial charge in [-0.05, 0) is 24.1 Å². The van der Waals surface area contributed by atoms with E-state index in [1.165, 1.54) is 12.3 Å². The first-order chi connectivity index (χ1) is 10.2. The van der Waals surface area contributed by atoms with Crippen LogP contribution in [0.2, 0.25) is 0 Å². The minimum Gasteiger partial charge on any atom is -0.497 e. The van der Waals surface area contributed by atoms with Crippen molar-refractivity contribution in [1.29, 1.82) is 0 Å². The number of carbonyl (C=O) groups excluding carboxylic acids is 1. The summed E-state index contributed by atoms with van der Waals surface area (Å²) < 4.78 is 9.94. The Kier molecular flexibility index (Phi) is 3.62. The number of carbonyl (C=O) groups is 1. The summed E-state index contributed by atoms with van der Waals surface area (Å²) in [6, 6.07) is 8.85. The fraction of sp³-hybridized carbons (Fsp3) is 0.333. The number of rotatable bonds is 3. The molecule has 1 fully saturated rings. The highest BCUT2D eigenvalue weighted by molar-refractivity contribution is 5.92. The summed E-state index contributed by atoms with van der Waals surface area (Å²) in [4.78, 5) is 14.1. The molecule has 3 rings (SSSR count). The van der Waals surface area contributed by atoms with Gasteiger partial charge in [-0.15, -0.1) is 0 Å². The SMILES string of the molecule is COc1cccc(C2CC(O)CN2C(=O)c2ccon2)c1. The number of nitrogens with zero attached hydrogens (tertiary/aromatic N) is 2. The number of benzene rings is 1. The molecule has 1 aliphatic rings. The lowest BCUT2D eigenvalue weighted by atomic mass is 10.0. The Morgan fingerprint density at radius 1 is 1.48 bits per heavy atom. The summed E-state index contributed by atoms with van der Waals surface area (Å²) in [5.41, 5.74) is 1.18. The van der Waals surface area contributed by atoms with Crippen molar-refractivity contribution in [3.8, 4) is 5.75 Å². The van der Waals surface area contributed by atoms with Crippen molar-refractivity contribution in [2.75, 3.05) is 13.7 Å². The number of aliphatic hydroxyl groups excluding tert-OH is 1. The maximum atomic E-state index is 12.5. The lowest BCUT2D eigenvalue weighted by Crippen LogP contribution is -2.32. The molecule has 1 N–H and O–H groups in total. The van der Waals surface area contributed by atoms with Gasteiger partial charge < -0.3 is 19.3 Å². The van der Waals surface area contributed by atoms with Gasteiger partial charge in [-0.3, -0.25) is 4.79 Å². The van der Waals surface area contributed by atoms with Crippen LogP contribution < -0.4 is 4.74 Å². The highest BCUT2D eigenvalue weighted by atomic mass is 16.5. The number of aromatic nitrogens is 1. The van der Waals surface area contributed by atoms with Crippen molar-refractivity contribution in [3.05, 3.63) is 47.9 Å². The van der Waals surface area contributed by atoms with E-state index in [1.54, 1.807) is 12.0 Å². The second-order valence-electron chi connectivity index (χ2n) is 5.02. The fourth-order valence-corrected chi connectivity index (χ4v) is 2.67. The molecule has 2 atom stereocenters. The lowest BCUT2D eigenvalue weighted by Gasteiger charge is -2.24. The number of hydrogen-bond acceptors (Lipinski definition) is 5. The zero-order chi connectivity index (χ0) is 14.8. The molecule has 0 saturated carbocycles. The van der Waals surface area contributed by atoms with Crippen LogP contribution in [-0.2, 0) is 0 Å². The average molecular weight is 288 g/mol. The van der Waals surface area contributed by atoms with Gasteiger partial charge in [0.2, 0.25) is 0 Å². The number of hydrogen-bond donors (Lipinski definition) is 1. The van der Waals surface area contributed by atoms with Crippen LogP contribution in [0.3, 0.4) is 0 Å². The highest BCUT2D eigenvalue weighted by Gasteiger charge is 2.36. The summed E-state index contributed by atoms with van der Waals surface area (Å²) >= 11 is 0. The van der Waals surface area contributed by atoms with Gasteiger partial charge in [0.25, 0.3) is 5.91 Å². The molecular formula is C15H16N2O4. The van der Waals surface area contributed by atoms with Gasteiger partial charge in [-0.1, -0.05) is 17.3 Å². The molecule has 1 amide bonds. The summed E-state index contributed by atoms with van der Waals surface area (Å²) in [7, 11) is 1.60. The number of likely N-dealkylation sites (tertiary alicyclic amines) is 1. The third kappa shape index (κ3) is 2.62. The second kappa shape index (κ2) is 5.57. The third-order valence-electron chi connectivity index (χ3n) is 3.68. The van der Waals surface area contributed by atoms with Gasteiger partial charge in [-0.25, -0.2) is 0 Å². The van der Waals surface area contributed by atoms with Crippen molar-refractivity contribution in [3.63, 3.8) is 0 Å². The molecular weight excluding hydrogens is 272 g/mol. The van der Waals surface area contributed by atoms with Crippen molar-refractivity contribution in [2.45, 2.75) is 18.6 Å². The zero-order valence-electron chi connectivity index (χ0n) is 11.6. The molecule has 0 radical (unpaired) electrons.